The number of nitrogens with two attached hydrogens (primary N) is 1. The smallest absolute Gasteiger partial charge is 0.291 e. The van der Waals surface area contributed by atoms with E-state index in [2.05, 4.69) is 5.32 Å². The number of benzene rings is 2. The lowest BCUT2D eigenvalue weighted by Crippen LogP contribution is -2.98. The zero-order valence-electron chi connectivity index (χ0n) is 16.2. The maximum absolute atomic E-state index is 13.5. The number of rotatable bonds is 3. The van der Waals surface area contributed by atoms with Gasteiger partial charge in [0.05, 0.1) is 25.4 Å². The van der Waals surface area contributed by atoms with Gasteiger partial charge in [-0.15, -0.1) is 0 Å². The summed E-state index contributed by atoms with van der Waals surface area (Å²) in [5.41, 5.74) is 1.27. The van der Waals surface area contributed by atoms with Crippen LogP contribution in [-0.2, 0) is 26.5 Å². The first-order valence-corrected chi connectivity index (χ1v) is 9.72. The van der Waals surface area contributed by atoms with E-state index in [9.17, 15) is 14.4 Å². The Balaban J connectivity index is 1.53. The summed E-state index contributed by atoms with van der Waals surface area (Å²) >= 11 is 0. The van der Waals surface area contributed by atoms with E-state index in [-0.39, 0.29) is 30.3 Å². The fraction of sp³-hybridized carbons (Fsp3) is 0.318. The summed E-state index contributed by atoms with van der Waals surface area (Å²) in [6.45, 7) is 2.11. The first-order chi connectivity index (χ1) is 14.0. The number of hydrogen-bond donors (Lipinski definition) is 2. The molecule has 0 radical (unpaired) electrons. The normalized spacial score (nSPS) is 29.9. The van der Waals surface area contributed by atoms with Crippen LogP contribution in [0.25, 0.3) is 0 Å². The molecule has 1 spiro atoms. The number of nitrogens with one attached hydrogen (secondary N) is 1. The van der Waals surface area contributed by atoms with Gasteiger partial charge < -0.3 is 15.4 Å². The Morgan fingerprint density at radius 2 is 1.79 bits per heavy atom. The molecule has 29 heavy (non-hydrogen) atoms. The zero-order valence-corrected chi connectivity index (χ0v) is 16.2. The molecule has 0 aliphatic carbocycles. The van der Waals surface area contributed by atoms with Crippen molar-refractivity contribution in [3.05, 3.63) is 59.7 Å². The van der Waals surface area contributed by atoms with E-state index in [0.717, 1.165) is 16.8 Å². The Morgan fingerprint density at radius 3 is 2.52 bits per heavy atom. The number of carbonyl (C=O) groups is 3. The molecule has 2 aromatic carbocycles. The molecular formula is C22H22N3O4+. The lowest BCUT2D eigenvalue weighted by Gasteiger charge is -2.25. The lowest BCUT2D eigenvalue weighted by atomic mass is 9.76. The lowest BCUT2D eigenvalue weighted by molar-refractivity contribution is -0.730. The Bertz CT molecular complexity index is 1030. The van der Waals surface area contributed by atoms with Crippen LogP contribution in [0, 0.1) is 11.8 Å². The van der Waals surface area contributed by atoms with E-state index in [1.54, 1.807) is 19.2 Å². The molecular weight excluding hydrogens is 370 g/mol. The topological polar surface area (TPSA) is 92.3 Å². The second-order valence-corrected chi connectivity index (χ2v) is 8.01. The minimum atomic E-state index is -1.08. The third kappa shape index (κ3) is 2.31. The number of anilines is 1. The summed E-state index contributed by atoms with van der Waals surface area (Å²) < 4.78 is 5.17. The highest BCUT2D eigenvalue weighted by molar-refractivity contribution is 6.13. The Hall–Kier alpha value is -3.19. The van der Waals surface area contributed by atoms with Gasteiger partial charge in [0.15, 0.2) is 0 Å². The SMILES string of the molecule is COc1ccc(CN2C(=O)[C@@H]3[C@@H](C)[NH2+][C@@]4(C(=O)Nc5ccccc54)[C@H]3C2=O)cc1. The highest BCUT2D eigenvalue weighted by Crippen LogP contribution is 2.49. The standard InChI is InChI=1S/C22H21N3O4/c1-12-17-18(22(24-12)15-5-3-4-6-16(15)23-21(22)28)20(27)25(19(17)26)11-13-7-9-14(29-2)10-8-13/h3-10,12,17-18,24H,11H2,1-2H3,(H,23,28)/p+1/t12-,17-,18-,22-/m1/s1. The van der Waals surface area contributed by atoms with E-state index in [1.807, 2.05) is 48.6 Å². The van der Waals surface area contributed by atoms with Crippen LogP contribution in [0.15, 0.2) is 48.5 Å². The largest absolute Gasteiger partial charge is 0.497 e. The average molecular weight is 392 g/mol. The minimum absolute atomic E-state index is 0.172. The molecule has 2 aromatic rings. The summed E-state index contributed by atoms with van der Waals surface area (Å²) in [7, 11) is 1.59. The number of ether oxygens (including phenoxy) is 1. The van der Waals surface area contributed by atoms with Crippen molar-refractivity contribution in [2.45, 2.75) is 25.0 Å². The number of para-hydroxylation sites is 1. The van der Waals surface area contributed by atoms with Crippen LogP contribution in [0.3, 0.4) is 0 Å². The average Bonchev–Trinajstić information content (AvgIpc) is 3.28. The summed E-state index contributed by atoms with van der Waals surface area (Å²) in [5, 5.41) is 4.82. The first kappa shape index (κ1) is 17.9. The van der Waals surface area contributed by atoms with Gasteiger partial charge in [-0.25, -0.2) is 0 Å². The van der Waals surface area contributed by atoms with Crippen LogP contribution in [-0.4, -0.2) is 35.8 Å². The predicted molar refractivity (Wildman–Crippen MR) is 104 cm³/mol. The molecule has 3 N–H and O–H groups in total. The van der Waals surface area contributed by atoms with Gasteiger partial charge >= 0.3 is 0 Å². The van der Waals surface area contributed by atoms with Crippen molar-refractivity contribution in [3.8, 4) is 5.75 Å². The van der Waals surface area contributed by atoms with Crippen molar-refractivity contribution >= 4 is 23.4 Å². The highest BCUT2D eigenvalue weighted by Gasteiger charge is 2.73. The number of imide groups is 1. The van der Waals surface area contributed by atoms with Gasteiger partial charge in [-0.1, -0.05) is 30.3 Å². The quantitative estimate of drug-likeness (QED) is 0.749. The van der Waals surface area contributed by atoms with E-state index >= 15 is 0 Å². The number of carbonyl (C=O) groups excluding carboxylic acids is 3. The molecule has 2 fully saturated rings. The molecule has 0 bridgehead atoms. The second kappa shape index (κ2) is 6.15. The van der Waals surface area contributed by atoms with Gasteiger partial charge in [0.25, 0.3) is 5.91 Å². The third-order valence-electron chi connectivity index (χ3n) is 6.52. The van der Waals surface area contributed by atoms with Gasteiger partial charge in [0.1, 0.15) is 17.6 Å². The molecule has 3 amide bonds. The van der Waals surface area contributed by atoms with E-state index in [4.69, 9.17) is 4.74 Å². The molecule has 3 aliphatic rings. The van der Waals surface area contributed by atoms with E-state index in [1.165, 1.54) is 4.90 Å². The van der Waals surface area contributed by atoms with E-state index < -0.39 is 17.4 Å². The Morgan fingerprint density at radius 1 is 1.07 bits per heavy atom. The van der Waals surface area contributed by atoms with E-state index in [0.29, 0.717) is 5.75 Å². The molecule has 3 aliphatic heterocycles. The fourth-order valence-electron chi connectivity index (χ4n) is 5.23. The summed E-state index contributed by atoms with van der Waals surface area (Å²) in [6, 6.07) is 14.6. The number of methoxy groups -OCH3 is 1. The van der Waals surface area contributed by atoms with Crippen LogP contribution in [0.2, 0.25) is 0 Å². The van der Waals surface area contributed by atoms with Gasteiger partial charge in [-0.05, 0) is 30.7 Å². The number of fused-ring (bicyclic) bond motifs is 4. The van der Waals surface area contributed by atoms with Crippen molar-refractivity contribution in [3.63, 3.8) is 0 Å². The second-order valence-electron chi connectivity index (χ2n) is 8.01. The molecule has 0 aromatic heterocycles. The van der Waals surface area contributed by atoms with Gasteiger partial charge in [0.2, 0.25) is 17.4 Å². The minimum Gasteiger partial charge on any atom is -0.497 e. The molecule has 4 atom stereocenters. The zero-order chi connectivity index (χ0) is 20.3. The van der Waals surface area contributed by atoms with Crippen molar-refractivity contribution in [1.82, 2.24) is 4.90 Å². The summed E-state index contributed by atoms with van der Waals surface area (Å²) in [6.07, 6.45) is 0. The van der Waals surface area contributed by atoms with Crippen LogP contribution in [0.5, 0.6) is 5.75 Å². The van der Waals surface area contributed by atoms with Crippen molar-refractivity contribution < 1.29 is 24.4 Å². The van der Waals surface area contributed by atoms with Crippen LogP contribution in [0.4, 0.5) is 5.69 Å². The molecule has 148 valence electrons. The van der Waals surface area contributed by atoms with Crippen LogP contribution in [0.1, 0.15) is 18.1 Å². The maximum Gasteiger partial charge on any atom is 0.291 e. The van der Waals surface area contributed by atoms with Crippen molar-refractivity contribution in [1.29, 1.82) is 0 Å². The molecule has 2 saturated heterocycles. The summed E-state index contributed by atoms with van der Waals surface area (Å²) in [5.74, 6) is -1.20. The molecule has 7 heteroatoms. The number of hydrogen-bond acceptors (Lipinski definition) is 4. The third-order valence-corrected chi connectivity index (χ3v) is 6.52. The Labute approximate surface area is 168 Å². The summed E-state index contributed by atoms with van der Waals surface area (Å²) in [4.78, 5) is 41.1. The number of nitrogens with zero attached hydrogens (tertiary/aromatic N) is 1. The molecule has 7 nitrogen and oxygen atoms in total. The fourth-order valence-corrected chi connectivity index (χ4v) is 5.23. The van der Waals surface area contributed by atoms with Gasteiger partial charge in [-0.3, -0.25) is 19.3 Å². The van der Waals surface area contributed by atoms with Crippen molar-refractivity contribution in [2.75, 3.05) is 12.4 Å². The van der Waals surface area contributed by atoms with Crippen LogP contribution >= 0.6 is 0 Å². The predicted octanol–water partition coefficient (Wildman–Crippen LogP) is 0.610. The number of quaternary nitrogens is 1. The highest BCUT2D eigenvalue weighted by atomic mass is 16.5. The number of amides is 3. The number of likely N-dealkylation sites (tertiary alicyclic amines) is 1. The van der Waals surface area contributed by atoms with Crippen molar-refractivity contribution in [2.24, 2.45) is 11.8 Å². The molecule has 0 saturated carbocycles. The van der Waals surface area contributed by atoms with Crippen LogP contribution < -0.4 is 15.4 Å². The molecule has 3 heterocycles. The molecule has 0 unspecified atom stereocenters. The Kier molecular flexibility index (Phi) is 3.79. The maximum atomic E-state index is 13.5. The van der Waals surface area contributed by atoms with Gasteiger partial charge in [-0.2, -0.15) is 0 Å². The first-order valence-electron chi connectivity index (χ1n) is 9.72. The monoisotopic (exact) mass is 392 g/mol. The molecule has 5 rings (SSSR count). The van der Waals surface area contributed by atoms with Gasteiger partial charge in [0, 0.05) is 5.56 Å².